The fourth-order valence-electron chi connectivity index (χ4n) is 0.990. The standard InChI is InChI=1S/C9H15N3O2S/c1-6(4-13)15-9-3-7(10)11-8(12-9)5-14-2/h3,6,13H,4-5H2,1-2H3,(H2,10,11,12). The molecular formula is C9H15N3O2S. The van der Waals surface area contributed by atoms with Crippen molar-refractivity contribution in [2.45, 2.75) is 23.8 Å². The zero-order valence-electron chi connectivity index (χ0n) is 8.80. The molecule has 6 heteroatoms. The highest BCUT2D eigenvalue weighted by Crippen LogP contribution is 2.22. The largest absolute Gasteiger partial charge is 0.395 e. The normalized spacial score (nSPS) is 12.7. The predicted octanol–water partition coefficient (Wildman–Crippen LogP) is 0.678. The zero-order chi connectivity index (χ0) is 11.3. The number of ether oxygens (including phenoxy) is 1. The molecule has 0 aliphatic heterocycles. The summed E-state index contributed by atoms with van der Waals surface area (Å²) in [6, 6.07) is 1.69. The molecule has 1 atom stereocenters. The topological polar surface area (TPSA) is 81.3 Å². The Kier molecular flexibility index (Phi) is 4.80. The minimum Gasteiger partial charge on any atom is -0.395 e. The molecule has 0 aromatic carbocycles. The molecule has 0 saturated carbocycles. The summed E-state index contributed by atoms with van der Waals surface area (Å²) >= 11 is 1.46. The van der Waals surface area contributed by atoms with Gasteiger partial charge in [0.1, 0.15) is 17.5 Å². The SMILES string of the molecule is COCc1nc(N)cc(SC(C)CO)n1. The van der Waals surface area contributed by atoms with Crippen LogP contribution in [0.25, 0.3) is 0 Å². The van der Waals surface area contributed by atoms with Gasteiger partial charge in [0.15, 0.2) is 5.82 Å². The smallest absolute Gasteiger partial charge is 0.157 e. The number of nitrogen functional groups attached to an aromatic ring is 1. The minimum atomic E-state index is 0.0923. The number of hydrogen-bond acceptors (Lipinski definition) is 6. The van der Waals surface area contributed by atoms with Crippen molar-refractivity contribution < 1.29 is 9.84 Å². The number of rotatable bonds is 5. The number of anilines is 1. The van der Waals surface area contributed by atoms with Crippen molar-refractivity contribution in [3.05, 3.63) is 11.9 Å². The van der Waals surface area contributed by atoms with E-state index in [2.05, 4.69) is 9.97 Å². The number of methoxy groups -OCH3 is 1. The molecule has 1 aromatic heterocycles. The van der Waals surface area contributed by atoms with Gasteiger partial charge >= 0.3 is 0 Å². The van der Waals surface area contributed by atoms with Crippen molar-refractivity contribution >= 4 is 17.6 Å². The third kappa shape index (κ3) is 4.03. The first-order valence-electron chi connectivity index (χ1n) is 4.55. The van der Waals surface area contributed by atoms with Gasteiger partial charge in [0.2, 0.25) is 0 Å². The van der Waals surface area contributed by atoms with Gasteiger partial charge in [0, 0.05) is 18.4 Å². The molecule has 0 spiro atoms. The first-order chi connectivity index (χ1) is 7.15. The molecule has 0 aliphatic rings. The Morgan fingerprint density at radius 3 is 2.93 bits per heavy atom. The Bertz CT molecular complexity index is 322. The van der Waals surface area contributed by atoms with E-state index >= 15 is 0 Å². The summed E-state index contributed by atoms with van der Waals surface area (Å²) in [5, 5.41) is 9.77. The average molecular weight is 229 g/mol. The predicted molar refractivity (Wildman–Crippen MR) is 59.6 cm³/mol. The molecule has 1 unspecified atom stereocenters. The molecule has 0 saturated heterocycles. The Hall–Kier alpha value is -0.850. The molecular weight excluding hydrogens is 214 g/mol. The maximum atomic E-state index is 8.92. The van der Waals surface area contributed by atoms with E-state index in [-0.39, 0.29) is 11.9 Å². The Balaban J connectivity index is 2.78. The third-order valence-corrected chi connectivity index (χ3v) is 2.62. The molecule has 1 heterocycles. The number of aromatic nitrogens is 2. The average Bonchev–Trinajstić information content (AvgIpc) is 2.17. The summed E-state index contributed by atoms with van der Waals surface area (Å²) < 4.78 is 4.93. The number of nitrogens with zero attached hydrogens (tertiary/aromatic N) is 2. The first kappa shape index (κ1) is 12.2. The van der Waals surface area contributed by atoms with E-state index in [1.54, 1.807) is 13.2 Å². The van der Waals surface area contributed by atoms with Crippen LogP contribution in [0.4, 0.5) is 5.82 Å². The maximum absolute atomic E-state index is 8.92. The van der Waals surface area contributed by atoms with Crippen molar-refractivity contribution in [3.63, 3.8) is 0 Å². The van der Waals surface area contributed by atoms with Crippen LogP contribution in [0.2, 0.25) is 0 Å². The van der Waals surface area contributed by atoms with Crippen LogP contribution in [0.5, 0.6) is 0 Å². The molecule has 0 radical (unpaired) electrons. The van der Waals surface area contributed by atoms with E-state index in [1.807, 2.05) is 6.92 Å². The summed E-state index contributed by atoms with van der Waals surface area (Å²) in [7, 11) is 1.58. The molecule has 1 rings (SSSR count). The number of hydrogen-bond donors (Lipinski definition) is 2. The van der Waals surface area contributed by atoms with Gasteiger partial charge in [-0.25, -0.2) is 9.97 Å². The second-order valence-corrected chi connectivity index (χ2v) is 4.55. The van der Waals surface area contributed by atoms with Crippen molar-refractivity contribution in [2.75, 3.05) is 19.5 Å². The molecule has 0 fully saturated rings. The second kappa shape index (κ2) is 5.89. The quantitative estimate of drug-likeness (QED) is 0.571. The van der Waals surface area contributed by atoms with E-state index in [4.69, 9.17) is 15.6 Å². The summed E-state index contributed by atoms with van der Waals surface area (Å²) in [6.45, 7) is 2.36. The van der Waals surface area contributed by atoms with Gasteiger partial charge in [-0.05, 0) is 0 Å². The number of aliphatic hydroxyl groups excluding tert-OH is 1. The van der Waals surface area contributed by atoms with Crippen LogP contribution < -0.4 is 5.73 Å². The molecule has 5 nitrogen and oxygen atoms in total. The van der Waals surface area contributed by atoms with Crippen LogP contribution in [0.3, 0.4) is 0 Å². The third-order valence-electron chi connectivity index (χ3n) is 1.62. The van der Waals surface area contributed by atoms with E-state index < -0.39 is 0 Å². The van der Waals surface area contributed by atoms with Gasteiger partial charge < -0.3 is 15.6 Å². The van der Waals surface area contributed by atoms with Gasteiger partial charge in [-0.2, -0.15) is 0 Å². The molecule has 0 aliphatic carbocycles. The van der Waals surface area contributed by atoms with E-state index in [9.17, 15) is 0 Å². The minimum absolute atomic E-state index is 0.0923. The molecule has 0 bridgehead atoms. The van der Waals surface area contributed by atoms with Crippen molar-refractivity contribution in [2.24, 2.45) is 0 Å². The van der Waals surface area contributed by atoms with Crippen LogP contribution in [-0.4, -0.2) is 34.0 Å². The first-order valence-corrected chi connectivity index (χ1v) is 5.43. The monoisotopic (exact) mass is 229 g/mol. The van der Waals surface area contributed by atoms with Crippen molar-refractivity contribution in [1.82, 2.24) is 9.97 Å². The lowest BCUT2D eigenvalue weighted by atomic mass is 10.5. The van der Waals surface area contributed by atoms with Crippen LogP contribution >= 0.6 is 11.8 Å². The summed E-state index contributed by atoms with van der Waals surface area (Å²) in [5.41, 5.74) is 5.62. The van der Waals surface area contributed by atoms with Gasteiger partial charge in [-0.1, -0.05) is 6.92 Å². The molecule has 1 aromatic rings. The fourth-order valence-corrected chi connectivity index (χ4v) is 1.82. The number of nitrogens with two attached hydrogens (primary N) is 1. The molecule has 84 valence electrons. The summed E-state index contributed by atoms with van der Waals surface area (Å²) in [5.74, 6) is 0.981. The van der Waals surface area contributed by atoms with E-state index in [1.165, 1.54) is 11.8 Å². The lowest BCUT2D eigenvalue weighted by Gasteiger charge is -2.08. The van der Waals surface area contributed by atoms with Crippen LogP contribution in [0.15, 0.2) is 11.1 Å². The Morgan fingerprint density at radius 2 is 2.33 bits per heavy atom. The second-order valence-electron chi connectivity index (χ2n) is 3.09. The summed E-state index contributed by atoms with van der Waals surface area (Å²) in [4.78, 5) is 8.27. The van der Waals surface area contributed by atoms with Crippen LogP contribution in [-0.2, 0) is 11.3 Å². The highest BCUT2D eigenvalue weighted by atomic mass is 32.2. The fraction of sp³-hybridized carbons (Fsp3) is 0.556. The lowest BCUT2D eigenvalue weighted by molar-refractivity contribution is 0.177. The van der Waals surface area contributed by atoms with Gasteiger partial charge in [0.25, 0.3) is 0 Å². The maximum Gasteiger partial charge on any atom is 0.157 e. The van der Waals surface area contributed by atoms with Gasteiger partial charge in [0.05, 0.1) is 6.61 Å². The molecule has 15 heavy (non-hydrogen) atoms. The van der Waals surface area contributed by atoms with E-state index in [0.29, 0.717) is 18.2 Å². The Labute approximate surface area is 93.1 Å². The lowest BCUT2D eigenvalue weighted by Crippen LogP contribution is -2.06. The highest BCUT2D eigenvalue weighted by Gasteiger charge is 2.07. The molecule has 3 N–H and O–H groups in total. The van der Waals surface area contributed by atoms with Crippen LogP contribution in [0.1, 0.15) is 12.7 Å². The number of aliphatic hydroxyl groups is 1. The summed E-state index contributed by atoms with van der Waals surface area (Å²) in [6.07, 6.45) is 0. The highest BCUT2D eigenvalue weighted by molar-refractivity contribution is 7.99. The molecule has 0 amide bonds. The van der Waals surface area contributed by atoms with Crippen LogP contribution in [0, 0.1) is 0 Å². The van der Waals surface area contributed by atoms with Crippen molar-refractivity contribution in [1.29, 1.82) is 0 Å². The zero-order valence-corrected chi connectivity index (χ0v) is 9.62. The Morgan fingerprint density at radius 1 is 1.60 bits per heavy atom. The number of thioether (sulfide) groups is 1. The van der Waals surface area contributed by atoms with E-state index in [0.717, 1.165) is 5.03 Å². The van der Waals surface area contributed by atoms with Gasteiger partial charge in [-0.15, -0.1) is 11.8 Å². The van der Waals surface area contributed by atoms with Gasteiger partial charge in [-0.3, -0.25) is 0 Å². The van der Waals surface area contributed by atoms with Crippen molar-refractivity contribution in [3.8, 4) is 0 Å².